The fraction of sp³-hybridized carbons (Fsp3) is 1.00. The summed E-state index contributed by atoms with van der Waals surface area (Å²) < 4.78 is 0. The van der Waals surface area contributed by atoms with Crippen LogP contribution in [-0.4, -0.2) is 48.0 Å². The van der Waals surface area contributed by atoms with Gasteiger partial charge < -0.3 is 15.1 Å². The average molecular weight is 199 g/mol. The molecule has 1 spiro atoms. The maximum absolute atomic E-state index is 9.13. The largest absolute Gasteiger partial charge is 0.396 e. The van der Waals surface area contributed by atoms with Crippen molar-refractivity contribution in [3.8, 4) is 0 Å². The Kier molecular flexibility index (Phi) is 3.10. The summed E-state index contributed by atoms with van der Waals surface area (Å²) in [6.07, 6.45) is 4.94. The summed E-state index contributed by atoms with van der Waals surface area (Å²) in [7, 11) is 0. The second kappa shape index (κ2) is 4.17. The SMILES string of the molecule is OCCN1CCC2(CCC(CO)C2)C1. The Balaban J connectivity index is 1.87. The highest BCUT2D eigenvalue weighted by Crippen LogP contribution is 2.47. The molecule has 0 aromatic heterocycles. The van der Waals surface area contributed by atoms with Crippen LogP contribution in [0.25, 0.3) is 0 Å². The lowest BCUT2D eigenvalue weighted by molar-refractivity contribution is 0.188. The molecule has 1 heterocycles. The molecule has 2 unspecified atom stereocenters. The van der Waals surface area contributed by atoms with Crippen molar-refractivity contribution < 1.29 is 10.2 Å². The number of aliphatic hydroxyl groups excluding tert-OH is 2. The monoisotopic (exact) mass is 199 g/mol. The van der Waals surface area contributed by atoms with E-state index in [9.17, 15) is 0 Å². The fourth-order valence-electron chi connectivity index (χ4n) is 3.21. The molecule has 0 aromatic rings. The van der Waals surface area contributed by atoms with E-state index in [-0.39, 0.29) is 6.61 Å². The molecule has 1 saturated carbocycles. The Morgan fingerprint density at radius 3 is 2.79 bits per heavy atom. The maximum atomic E-state index is 9.13. The van der Waals surface area contributed by atoms with Crippen LogP contribution in [0.1, 0.15) is 25.7 Å². The molecule has 2 N–H and O–H groups in total. The standard InChI is InChI=1S/C11H21NO2/c13-6-5-12-4-3-11(9-12)2-1-10(7-11)8-14/h10,13-14H,1-9H2. The normalized spacial score (nSPS) is 38.6. The highest BCUT2D eigenvalue weighted by Gasteiger charge is 2.43. The molecule has 0 amide bonds. The zero-order chi connectivity index (χ0) is 10.0. The first-order chi connectivity index (χ1) is 6.78. The Morgan fingerprint density at radius 2 is 2.14 bits per heavy atom. The van der Waals surface area contributed by atoms with Gasteiger partial charge in [0.25, 0.3) is 0 Å². The summed E-state index contributed by atoms with van der Waals surface area (Å²) >= 11 is 0. The van der Waals surface area contributed by atoms with Gasteiger partial charge in [-0.2, -0.15) is 0 Å². The predicted octanol–water partition coefficient (Wildman–Crippen LogP) is 0.463. The number of aliphatic hydroxyl groups is 2. The Hall–Kier alpha value is -0.120. The molecule has 1 saturated heterocycles. The molecule has 2 fully saturated rings. The molecule has 2 aliphatic rings. The zero-order valence-corrected chi connectivity index (χ0v) is 8.78. The molecular formula is C11H21NO2. The van der Waals surface area contributed by atoms with Gasteiger partial charge in [0.2, 0.25) is 0 Å². The van der Waals surface area contributed by atoms with Crippen molar-refractivity contribution in [2.75, 3.05) is 32.8 Å². The van der Waals surface area contributed by atoms with Crippen LogP contribution in [0.3, 0.4) is 0 Å². The van der Waals surface area contributed by atoms with Crippen LogP contribution in [0.5, 0.6) is 0 Å². The van der Waals surface area contributed by atoms with Crippen LogP contribution in [-0.2, 0) is 0 Å². The average Bonchev–Trinajstić information content (AvgIpc) is 2.76. The lowest BCUT2D eigenvalue weighted by atomic mass is 9.84. The minimum absolute atomic E-state index is 0.277. The van der Waals surface area contributed by atoms with E-state index < -0.39 is 0 Å². The van der Waals surface area contributed by atoms with E-state index in [0.717, 1.165) is 19.6 Å². The maximum Gasteiger partial charge on any atom is 0.0558 e. The third-order valence-electron chi connectivity index (χ3n) is 4.00. The molecule has 1 aliphatic carbocycles. The smallest absolute Gasteiger partial charge is 0.0558 e. The second-order valence-corrected chi connectivity index (χ2v) is 5.04. The first kappa shape index (κ1) is 10.4. The Bertz CT molecular complexity index is 198. The Labute approximate surface area is 85.7 Å². The van der Waals surface area contributed by atoms with E-state index in [1.165, 1.54) is 25.7 Å². The third kappa shape index (κ3) is 1.95. The molecule has 14 heavy (non-hydrogen) atoms. The van der Waals surface area contributed by atoms with Crippen LogP contribution in [0, 0.1) is 11.3 Å². The minimum atomic E-state index is 0.277. The van der Waals surface area contributed by atoms with E-state index in [0.29, 0.717) is 17.9 Å². The molecule has 3 heteroatoms. The lowest BCUT2D eigenvalue weighted by Gasteiger charge is -2.23. The molecule has 2 atom stereocenters. The van der Waals surface area contributed by atoms with Crippen LogP contribution in [0.15, 0.2) is 0 Å². The van der Waals surface area contributed by atoms with Crippen LogP contribution in [0.4, 0.5) is 0 Å². The topological polar surface area (TPSA) is 43.7 Å². The summed E-state index contributed by atoms with van der Waals surface area (Å²) in [4.78, 5) is 2.36. The number of nitrogens with zero attached hydrogens (tertiary/aromatic N) is 1. The van der Waals surface area contributed by atoms with Crippen molar-refractivity contribution in [1.82, 2.24) is 4.90 Å². The van der Waals surface area contributed by atoms with Crippen molar-refractivity contribution in [1.29, 1.82) is 0 Å². The van der Waals surface area contributed by atoms with Crippen molar-refractivity contribution in [3.05, 3.63) is 0 Å². The van der Waals surface area contributed by atoms with Crippen molar-refractivity contribution in [3.63, 3.8) is 0 Å². The number of hydrogen-bond acceptors (Lipinski definition) is 3. The van der Waals surface area contributed by atoms with Gasteiger partial charge in [-0.15, -0.1) is 0 Å². The lowest BCUT2D eigenvalue weighted by Crippen LogP contribution is -2.28. The molecule has 2 rings (SSSR count). The van der Waals surface area contributed by atoms with E-state index in [1.54, 1.807) is 0 Å². The minimum Gasteiger partial charge on any atom is -0.396 e. The van der Waals surface area contributed by atoms with Crippen LogP contribution >= 0.6 is 0 Å². The summed E-state index contributed by atoms with van der Waals surface area (Å²) in [6.45, 7) is 3.75. The molecule has 82 valence electrons. The van der Waals surface area contributed by atoms with Crippen molar-refractivity contribution >= 4 is 0 Å². The van der Waals surface area contributed by atoms with Gasteiger partial charge in [0.05, 0.1) is 6.61 Å². The quantitative estimate of drug-likeness (QED) is 0.694. The van der Waals surface area contributed by atoms with Gasteiger partial charge in [0.1, 0.15) is 0 Å². The van der Waals surface area contributed by atoms with Gasteiger partial charge in [-0.1, -0.05) is 0 Å². The predicted molar refractivity (Wildman–Crippen MR) is 55.0 cm³/mol. The zero-order valence-electron chi connectivity index (χ0n) is 8.78. The van der Waals surface area contributed by atoms with Gasteiger partial charge in [0, 0.05) is 19.7 Å². The highest BCUT2D eigenvalue weighted by atomic mass is 16.3. The van der Waals surface area contributed by atoms with Gasteiger partial charge in [-0.25, -0.2) is 0 Å². The van der Waals surface area contributed by atoms with Gasteiger partial charge in [-0.05, 0) is 43.6 Å². The molecule has 0 radical (unpaired) electrons. The molecule has 0 bridgehead atoms. The van der Waals surface area contributed by atoms with Crippen molar-refractivity contribution in [2.24, 2.45) is 11.3 Å². The summed E-state index contributed by atoms with van der Waals surface area (Å²) in [6, 6.07) is 0. The van der Waals surface area contributed by atoms with E-state index >= 15 is 0 Å². The van der Waals surface area contributed by atoms with Crippen LogP contribution < -0.4 is 0 Å². The first-order valence-electron chi connectivity index (χ1n) is 5.72. The number of β-amino-alcohol motifs (C(OH)–C–C–N with tert-alkyl or cyclic N) is 1. The third-order valence-corrected chi connectivity index (χ3v) is 4.00. The molecule has 0 aromatic carbocycles. The summed E-state index contributed by atoms with van der Waals surface area (Å²) in [5.74, 6) is 0.545. The molecular weight excluding hydrogens is 178 g/mol. The Morgan fingerprint density at radius 1 is 1.29 bits per heavy atom. The highest BCUT2D eigenvalue weighted by molar-refractivity contribution is 4.95. The van der Waals surface area contributed by atoms with Gasteiger partial charge in [0.15, 0.2) is 0 Å². The first-order valence-corrected chi connectivity index (χ1v) is 5.72. The van der Waals surface area contributed by atoms with Crippen molar-refractivity contribution in [2.45, 2.75) is 25.7 Å². The van der Waals surface area contributed by atoms with Crippen LogP contribution in [0.2, 0.25) is 0 Å². The number of likely N-dealkylation sites (tertiary alicyclic amines) is 1. The molecule has 3 nitrogen and oxygen atoms in total. The second-order valence-electron chi connectivity index (χ2n) is 5.04. The fourth-order valence-corrected chi connectivity index (χ4v) is 3.21. The summed E-state index contributed by atoms with van der Waals surface area (Å²) in [5, 5.41) is 18.0. The van der Waals surface area contributed by atoms with E-state index in [1.807, 2.05) is 0 Å². The van der Waals surface area contributed by atoms with E-state index in [4.69, 9.17) is 10.2 Å². The van der Waals surface area contributed by atoms with E-state index in [2.05, 4.69) is 4.90 Å². The summed E-state index contributed by atoms with van der Waals surface area (Å²) in [5.41, 5.74) is 0.489. The van der Waals surface area contributed by atoms with Gasteiger partial charge >= 0.3 is 0 Å². The van der Waals surface area contributed by atoms with Gasteiger partial charge in [-0.3, -0.25) is 0 Å². The number of hydrogen-bond donors (Lipinski definition) is 2. The number of rotatable bonds is 3. The molecule has 1 aliphatic heterocycles.